The van der Waals surface area contributed by atoms with E-state index < -0.39 is 25.9 Å². The highest BCUT2D eigenvalue weighted by molar-refractivity contribution is 7.93. The van der Waals surface area contributed by atoms with Crippen LogP contribution in [0.25, 0.3) is 0 Å². The van der Waals surface area contributed by atoms with Crippen LogP contribution < -0.4 is 11.1 Å². The molecule has 0 aliphatic heterocycles. The van der Waals surface area contributed by atoms with Crippen molar-refractivity contribution in [3.63, 3.8) is 0 Å². The van der Waals surface area contributed by atoms with Gasteiger partial charge >= 0.3 is 0 Å². The zero-order chi connectivity index (χ0) is 21.9. The molecule has 1 aromatic rings. The van der Waals surface area contributed by atoms with E-state index in [-0.39, 0.29) is 22.4 Å². The minimum atomic E-state index is -4.09. The van der Waals surface area contributed by atoms with E-state index in [9.17, 15) is 23.1 Å². The van der Waals surface area contributed by atoms with Crippen LogP contribution in [0.1, 0.15) is 41.5 Å². The Bertz CT molecular complexity index is 921. The number of amidine groups is 1. The largest absolute Gasteiger partial charge is 0.512 e. The number of benzene rings is 1. The highest BCUT2D eigenvalue weighted by atomic mass is 32.2. The second-order valence-electron chi connectivity index (χ2n) is 7.84. The van der Waals surface area contributed by atoms with Gasteiger partial charge in [0.15, 0.2) is 14.6 Å². The number of hydrogen-bond donors (Lipinski definition) is 3. The van der Waals surface area contributed by atoms with Gasteiger partial charge in [-0.25, -0.2) is 8.42 Å². The third kappa shape index (κ3) is 5.41. The van der Waals surface area contributed by atoms with E-state index in [2.05, 4.69) is 10.3 Å². The fourth-order valence-corrected chi connectivity index (χ4v) is 3.33. The number of aliphatic hydroxyl groups excluding tert-OH is 1. The van der Waals surface area contributed by atoms with Gasteiger partial charge in [-0.3, -0.25) is 9.59 Å². The van der Waals surface area contributed by atoms with Crippen LogP contribution in [0.5, 0.6) is 0 Å². The van der Waals surface area contributed by atoms with Gasteiger partial charge in [0, 0.05) is 24.1 Å². The number of amides is 2. The van der Waals surface area contributed by atoms with Crippen LogP contribution in [0.15, 0.2) is 46.0 Å². The van der Waals surface area contributed by atoms with Gasteiger partial charge in [-0.1, -0.05) is 20.8 Å². The van der Waals surface area contributed by atoms with Crippen LogP contribution in [0.3, 0.4) is 0 Å². The molecule has 0 saturated carbocycles. The summed E-state index contributed by atoms with van der Waals surface area (Å²) in [6.45, 7) is 9.03. The van der Waals surface area contributed by atoms with E-state index >= 15 is 0 Å². The number of aliphatic hydroxyl groups is 1. The summed E-state index contributed by atoms with van der Waals surface area (Å²) >= 11 is 0. The fraction of sp³-hybridized carbons (Fsp3) is 0.421. The number of carbonyl (C=O) groups excluding carboxylic acids is 2. The second-order valence-corrected chi connectivity index (χ2v) is 10.3. The first-order chi connectivity index (χ1) is 12.6. The van der Waals surface area contributed by atoms with Crippen LogP contribution in [-0.4, -0.2) is 35.9 Å². The molecular formula is C19H27N3O5S. The zero-order valence-electron chi connectivity index (χ0n) is 16.9. The molecule has 1 aromatic carbocycles. The Morgan fingerprint density at radius 2 is 1.61 bits per heavy atom. The molecule has 0 aromatic heterocycles. The first-order valence-electron chi connectivity index (χ1n) is 8.51. The number of nitrogens with zero attached hydrogens (tertiary/aromatic N) is 1. The summed E-state index contributed by atoms with van der Waals surface area (Å²) in [5.41, 5.74) is 5.51. The van der Waals surface area contributed by atoms with E-state index in [1.54, 1.807) is 20.8 Å². The molecule has 2 amide bonds. The Hall–Kier alpha value is -2.68. The van der Waals surface area contributed by atoms with Crippen molar-refractivity contribution in [3.05, 3.63) is 36.1 Å². The second kappa shape index (κ2) is 8.14. The van der Waals surface area contributed by atoms with Crippen LogP contribution in [0.2, 0.25) is 0 Å². The molecule has 8 nitrogen and oxygen atoms in total. The average molecular weight is 410 g/mol. The van der Waals surface area contributed by atoms with E-state index in [0.717, 1.165) is 6.08 Å². The molecule has 0 aliphatic rings. The lowest BCUT2D eigenvalue weighted by atomic mass is 9.93. The van der Waals surface area contributed by atoms with Crippen LogP contribution >= 0.6 is 0 Å². The lowest BCUT2D eigenvalue weighted by Crippen LogP contribution is -2.40. The molecule has 0 fully saturated rings. The highest BCUT2D eigenvalue weighted by Crippen LogP contribution is 2.28. The topological polar surface area (TPSA) is 139 Å². The van der Waals surface area contributed by atoms with Gasteiger partial charge in [0.1, 0.15) is 11.6 Å². The normalized spacial score (nSPS) is 13.9. The van der Waals surface area contributed by atoms with Crippen molar-refractivity contribution in [2.24, 2.45) is 16.1 Å². The van der Waals surface area contributed by atoms with Crippen LogP contribution in [-0.2, 0) is 19.4 Å². The van der Waals surface area contributed by atoms with Crippen molar-refractivity contribution in [1.29, 1.82) is 0 Å². The Morgan fingerprint density at radius 1 is 1.11 bits per heavy atom. The van der Waals surface area contributed by atoms with Crippen molar-refractivity contribution >= 4 is 33.2 Å². The SMILES string of the molecule is CC(=O)Nc1ccc(S(=O)(=O)C(C)(C)C(=O)N=C(N)/C=C(\O)C(C)(C)C)cc1. The maximum absolute atomic E-state index is 12.9. The summed E-state index contributed by atoms with van der Waals surface area (Å²) in [7, 11) is -4.09. The Labute approximate surface area is 165 Å². The molecule has 154 valence electrons. The number of carbonyl (C=O) groups is 2. The summed E-state index contributed by atoms with van der Waals surface area (Å²) in [5, 5.41) is 12.5. The summed E-state index contributed by atoms with van der Waals surface area (Å²) in [6.07, 6.45) is 1.13. The predicted molar refractivity (Wildman–Crippen MR) is 109 cm³/mol. The maximum atomic E-state index is 12.9. The van der Waals surface area contributed by atoms with Gasteiger partial charge in [0.25, 0.3) is 5.91 Å². The van der Waals surface area contributed by atoms with Crippen molar-refractivity contribution in [1.82, 2.24) is 0 Å². The van der Waals surface area contributed by atoms with Crippen LogP contribution in [0, 0.1) is 5.41 Å². The molecular weight excluding hydrogens is 382 g/mol. The number of allylic oxidation sites excluding steroid dienone is 1. The van der Waals surface area contributed by atoms with Crippen molar-refractivity contribution < 1.29 is 23.1 Å². The maximum Gasteiger partial charge on any atom is 0.268 e. The molecule has 0 unspecified atom stereocenters. The lowest BCUT2D eigenvalue weighted by Gasteiger charge is -2.21. The average Bonchev–Trinajstić information content (AvgIpc) is 2.53. The van der Waals surface area contributed by atoms with Gasteiger partial charge in [-0.15, -0.1) is 0 Å². The quantitative estimate of drug-likeness (QED) is 0.388. The van der Waals surface area contributed by atoms with Crippen LogP contribution in [0.4, 0.5) is 5.69 Å². The first-order valence-corrected chi connectivity index (χ1v) is 9.99. The number of nitrogens with two attached hydrogens (primary N) is 1. The van der Waals surface area contributed by atoms with E-state index in [1.807, 2.05) is 0 Å². The minimum absolute atomic E-state index is 0.0872. The van der Waals surface area contributed by atoms with Gasteiger partial charge < -0.3 is 16.2 Å². The molecule has 0 heterocycles. The van der Waals surface area contributed by atoms with Gasteiger partial charge in [-0.2, -0.15) is 4.99 Å². The molecule has 0 radical (unpaired) electrons. The predicted octanol–water partition coefficient (Wildman–Crippen LogP) is 2.57. The van der Waals surface area contributed by atoms with Gasteiger partial charge in [-0.05, 0) is 38.1 Å². The monoisotopic (exact) mass is 409 g/mol. The zero-order valence-corrected chi connectivity index (χ0v) is 17.7. The molecule has 4 N–H and O–H groups in total. The number of sulfone groups is 1. The van der Waals surface area contributed by atoms with E-state index in [1.165, 1.54) is 45.0 Å². The fourth-order valence-electron chi connectivity index (χ4n) is 1.97. The number of aliphatic imine (C=N–C) groups is 1. The van der Waals surface area contributed by atoms with E-state index in [4.69, 9.17) is 5.73 Å². The molecule has 28 heavy (non-hydrogen) atoms. The first kappa shape index (κ1) is 23.4. The summed E-state index contributed by atoms with van der Waals surface area (Å²) < 4.78 is 23.9. The summed E-state index contributed by atoms with van der Waals surface area (Å²) in [6, 6.07) is 5.45. The third-order valence-electron chi connectivity index (χ3n) is 3.96. The van der Waals surface area contributed by atoms with Crippen molar-refractivity contribution in [2.75, 3.05) is 5.32 Å². The number of nitrogens with one attached hydrogen (secondary N) is 1. The lowest BCUT2D eigenvalue weighted by molar-refractivity contribution is -0.119. The van der Waals surface area contributed by atoms with Gasteiger partial charge in [0.05, 0.1) is 4.90 Å². The molecule has 0 atom stereocenters. The molecule has 9 heteroatoms. The molecule has 0 saturated heterocycles. The highest BCUT2D eigenvalue weighted by Gasteiger charge is 2.43. The number of rotatable bonds is 5. The Balaban J connectivity index is 3.20. The number of anilines is 1. The molecule has 0 spiro atoms. The van der Waals surface area contributed by atoms with E-state index in [0.29, 0.717) is 5.69 Å². The molecule has 1 rings (SSSR count). The molecule has 0 bridgehead atoms. The van der Waals surface area contributed by atoms with Crippen molar-refractivity contribution in [3.8, 4) is 0 Å². The third-order valence-corrected chi connectivity index (χ3v) is 6.37. The molecule has 0 aliphatic carbocycles. The smallest absolute Gasteiger partial charge is 0.268 e. The summed E-state index contributed by atoms with van der Waals surface area (Å²) in [5.74, 6) is -1.63. The minimum Gasteiger partial charge on any atom is -0.512 e. The standard InChI is InChI=1S/C19H27N3O5S/c1-12(23)21-13-7-9-14(10-8-13)28(26,27)19(5,6)17(25)22-16(20)11-15(24)18(2,3)4/h7-11,24H,1-6H3,(H,21,23)(H2,20,22,25)/b15-11-. The Kier molecular flexibility index (Phi) is 6.79. The van der Waals surface area contributed by atoms with Crippen molar-refractivity contribution in [2.45, 2.75) is 51.2 Å². The summed E-state index contributed by atoms with van der Waals surface area (Å²) in [4.78, 5) is 27.1. The van der Waals surface area contributed by atoms with Gasteiger partial charge in [0.2, 0.25) is 5.91 Å². The Morgan fingerprint density at radius 3 is 2.04 bits per heavy atom. The number of hydrogen-bond acceptors (Lipinski definition) is 5.